The van der Waals surface area contributed by atoms with E-state index in [0.717, 1.165) is 43.2 Å². The van der Waals surface area contributed by atoms with Crippen LogP contribution in [-0.4, -0.2) is 31.3 Å². The second-order valence-electron chi connectivity index (χ2n) is 4.62. The van der Waals surface area contributed by atoms with Crippen molar-refractivity contribution in [1.29, 1.82) is 0 Å². The van der Waals surface area contributed by atoms with Crippen LogP contribution in [0.5, 0.6) is 0 Å². The largest absolute Gasteiger partial charge is 0.327 e. The number of para-hydroxylation sites is 2. The summed E-state index contributed by atoms with van der Waals surface area (Å²) in [6, 6.07) is 8.25. The van der Waals surface area contributed by atoms with E-state index >= 15 is 0 Å². The van der Waals surface area contributed by atoms with Gasteiger partial charge < -0.3 is 9.88 Å². The Hall–Kier alpha value is -2.21. The fraction of sp³-hybridized carbons (Fsp3) is 0.357. The van der Waals surface area contributed by atoms with Crippen molar-refractivity contribution in [1.82, 2.24) is 30.0 Å². The zero-order valence-electron chi connectivity index (χ0n) is 11.5. The monoisotopic (exact) mass is 270 g/mol. The Kier molecular flexibility index (Phi) is 3.73. The molecule has 0 aliphatic carbocycles. The van der Waals surface area contributed by atoms with Gasteiger partial charge in [0.15, 0.2) is 0 Å². The van der Waals surface area contributed by atoms with Crippen LogP contribution in [0.15, 0.2) is 30.6 Å². The zero-order chi connectivity index (χ0) is 13.8. The van der Waals surface area contributed by atoms with E-state index in [1.54, 1.807) is 0 Å². The van der Waals surface area contributed by atoms with Crippen LogP contribution in [0.1, 0.15) is 18.6 Å². The van der Waals surface area contributed by atoms with E-state index in [9.17, 15) is 0 Å². The van der Waals surface area contributed by atoms with Crippen LogP contribution in [0.25, 0.3) is 11.0 Å². The van der Waals surface area contributed by atoms with Gasteiger partial charge in [-0.25, -0.2) is 9.97 Å². The summed E-state index contributed by atoms with van der Waals surface area (Å²) in [7, 11) is 0. The number of benzene rings is 1. The van der Waals surface area contributed by atoms with Crippen LogP contribution in [0.2, 0.25) is 0 Å². The number of hydrogen-bond acceptors (Lipinski definition) is 4. The lowest BCUT2D eigenvalue weighted by atomic mass is 10.3. The number of hydrogen-bond donors (Lipinski definition) is 2. The van der Waals surface area contributed by atoms with E-state index in [1.807, 2.05) is 6.07 Å². The number of imidazole rings is 1. The molecule has 104 valence electrons. The van der Waals surface area contributed by atoms with Crippen LogP contribution in [-0.2, 0) is 19.5 Å². The van der Waals surface area contributed by atoms with Crippen molar-refractivity contribution < 1.29 is 0 Å². The smallest absolute Gasteiger partial charge is 0.137 e. The van der Waals surface area contributed by atoms with Crippen molar-refractivity contribution in [3.8, 4) is 0 Å². The highest BCUT2D eigenvalue weighted by atomic mass is 15.2. The van der Waals surface area contributed by atoms with Crippen LogP contribution in [0.4, 0.5) is 0 Å². The molecule has 0 unspecified atom stereocenters. The molecule has 2 aromatic heterocycles. The van der Waals surface area contributed by atoms with Crippen molar-refractivity contribution >= 4 is 11.0 Å². The van der Waals surface area contributed by atoms with Crippen molar-refractivity contribution in [2.24, 2.45) is 0 Å². The van der Waals surface area contributed by atoms with Gasteiger partial charge >= 0.3 is 0 Å². The molecule has 1 aromatic carbocycles. The van der Waals surface area contributed by atoms with Gasteiger partial charge in [0.1, 0.15) is 18.0 Å². The normalized spacial score (nSPS) is 11.2. The molecular formula is C14H18N6. The number of H-pyrrole nitrogens is 1. The molecule has 0 bridgehead atoms. The summed E-state index contributed by atoms with van der Waals surface area (Å²) in [6.45, 7) is 4.69. The maximum absolute atomic E-state index is 4.68. The van der Waals surface area contributed by atoms with Gasteiger partial charge in [0.25, 0.3) is 0 Å². The lowest BCUT2D eigenvalue weighted by molar-refractivity contribution is 0.614. The van der Waals surface area contributed by atoms with E-state index in [2.05, 4.69) is 55.2 Å². The van der Waals surface area contributed by atoms with Crippen molar-refractivity contribution in [3.05, 3.63) is 42.2 Å². The van der Waals surface area contributed by atoms with Gasteiger partial charge in [0.2, 0.25) is 0 Å². The summed E-state index contributed by atoms with van der Waals surface area (Å²) in [4.78, 5) is 8.78. The first-order valence-electron chi connectivity index (χ1n) is 6.87. The Morgan fingerprint density at radius 3 is 3.00 bits per heavy atom. The number of rotatable bonds is 6. The first kappa shape index (κ1) is 12.8. The second-order valence-corrected chi connectivity index (χ2v) is 4.62. The van der Waals surface area contributed by atoms with Crippen molar-refractivity contribution in [2.45, 2.75) is 26.4 Å². The van der Waals surface area contributed by atoms with Crippen LogP contribution in [0.3, 0.4) is 0 Å². The predicted octanol–water partition coefficient (Wildman–Crippen LogP) is 1.51. The fourth-order valence-corrected chi connectivity index (χ4v) is 2.37. The quantitative estimate of drug-likeness (QED) is 0.666. The first-order valence-corrected chi connectivity index (χ1v) is 6.87. The summed E-state index contributed by atoms with van der Waals surface area (Å²) < 4.78 is 2.25. The molecule has 0 fully saturated rings. The van der Waals surface area contributed by atoms with Crippen molar-refractivity contribution in [2.75, 3.05) is 6.54 Å². The third-order valence-electron chi connectivity index (χ3n) is 3.34. The molecule has 20 heavy (non-hydrogen) atoms. The lowest BCUT2D eigenvalue weighted by Crippen LogP contribution is -2.20. The molecule has 6 heteroatoms. The molecule has 0 saturated heterocycles. The van der Waals surface area contributed by atoms with E-state index in [4.69, 9.17) is 0 Å². The number of fused-ring (bicyclic) bond motifs is 1. The average Bonchev–Trinajstić information content (AvgIpc) is 3.10. The molecule has 0 saturated carbocycles. The Bertz CT molecular complexity index is 670. The molecular weight excluding hydrogens is 252 g/mol. The maximum Gasteiger partial charge on any atom is 0.137 e. The van der Waals surface area contributed by atoms with Gasteiger partial charge in [0.05, 0.1) is 17.6 Å². The number of nitrogens with one attached hydrogen (secondary N) is 2. The highest BCUT2D eigenvalue weighted by molar-refractivity contribution is 5.75. The lowest BCUT2D eigenvalue weighted by Gasteiger charge is -2.06. The molecule has 0 aliphatic rings. The molecule has 0 spiro atoms. The van der Waals surface area contributed by atoms with Crippen molar-refractivity contribution in [3.63, 3.8) is 0 Å². The number of aromatic amines is 1. The highest BCUT2D eigenvalue weighted by Crippen LogP contribution is 2.15. The van der Waals surface area contributed by atoms with E-state index in [0.29, 0.717) is 0 Å². The third kappa shape index (κ3) is 2.55. The van der Waals surface area contributed by atoms with Gasteiger partial charge in [-0.2, -0.15) is 5.10 Å². The average molecular weight is 270 g/mol. The molecule has 0 radical (unpaired) electrons. The molecule has 6 nitrogen and oxygen atoms in total. The second kappa shape index (κ2) is 5.83. The minimum atomic E-state index is 0.761. The number of aromatic nitrogens is 5. The number of nitrogens with zero attached hydrogens (tertiary/aromatic N) is 4. The molecule has 3 rings (SSSR count). The van der Waals surface area contributed by atoms with E-state index < -0.39 is 0 Å². The van der Waals surface area contributed by atoms with Crippen LogP contribution < -0.4 is 5.32 Å². The Balaban J connectivity index is 1.65. The third-order valence-corrected chi connectivity index (χ3v) is 3.34. The van der Waals surface area contributed by atoms with Gasteiger partial charge in [-0.15, -0.1) is 0 Å². The minimum Gasteiger partial charge on any atom is -0.327 e. The molecule has 0 amide bonds. The SMILES string of the molecule is CCn1c(CNCCc2ncn[nH]2)nc2ccccc21. The topological polar surface area (TPSA) is 71.4 Å². The first-order chi connectivity index (χ1) is 9.88. The molecule has 2 heterocycles. The standard InChI is InChI=1S/C14H18N6/c1-2-20-12-6-4-3-5-11(12)18-14(20)9-15-8-7-13-16-10-17-19-13/h3-6,10,15H,2,7-9H2,1H3,(H,16,17,19). The highest BCUT2D eigenvalue weighted by Gasteiger charge is 2.08. The molecule has 2 N–H and O–H groups in total. The fourth-order valence-electron chi connectivity index (χ4n) is 2.37. The van der Waals surface area contributed by atoms with E-state index in [1.165, 1.54) is 11.8 Å². The summed E-state index contributed by atoms with van der Waals surface area (Å²) in [5.41, 5.74) is 2.25. The summed E-state index contributed by atoms with van der Waals surface area (Å²) in [5, 5.41) is 10.1. The van der Waals surface area contributed by atoms with Gasteiger partial charge in [-0.1, -0.05) is 12.1 Å². The maximum atomic E-state index is 4.68. The van der Waals surface area contributed by atoms with Crippen LogP contribution >= 0.6 is 0 Å². The Labute approximate surface area is 117 Å². The van der Waals surface area contributed by atoms with Gasteiger partial charge in [-0.05, 0) is 19.1 Å². The van der Waals surface area contributed by atoms with E-state index in [-0.39, 0.29) is 0 Å². The Morgan fingerprint density at radius 2 is 2.20 bits per heavy atom. The minimum absolute atomic E-state index is 0.761. The van der Waals surface area contributed by atoms with Gasteiger partial charge in [-0.3, -0.25) is 5.10 Å². The molecule has 0 atom stereocenters. The molecule has 3 aromatic rings. The summed E-state index contributed by atoms with van der Waals surface area (Å²) in [5.74, 6) is 1.98. The molecule has 0 aliphatic heterocycles. The summed E-state index contributed by atoms with van der Waals surface area (Å²) >= 11 is 0. The summed E-state index contributed by atoms with van der Waals surface area (Å²) in [6.07, 6.45) is 2.37. The van der Waals surface area contributed by atoms with Crippen LogP contribution in [0, 0.1) is 0 Å². The van der Waals surface area contributed by atoms with Gasteiger partial charge in [0, 0.05) is 19.5 Å². The predicted molar refractivity (Wildman–Crippen MR) is 77.2 cm³/mol. The zero-order valence-corrected chi connectivity index (χ0v) is 11.5. The Morgan fingerprint density at radius 1 is 1.30 bits per heavy atom. The number of aryl methyl sites for hydroxylation is 1.